The third-order valence-electron chi connectivity index (χ3n) is 4.46. The van der Waals surface area contributed by atoms with Crippen LogP contribution < -0.4 is 5.32 Å². The van der Waals surface area contributed by atoms with Crippen LogP contribution in [0.15, 0.2) is 0 Å². The van der Waals surface area contributed by atoms with Gasteiger partial charge in [-0.2, -0.15) is 0 Å². The van der Waals surface area contributed by atoms with Crippen molar-refractivity contribution in [3.8, 4) is 0 Å². The van der Waals surface area contributed by atoms with Crippen LogP contribution >= 0.6 is 0 Å². The summed E-state index contributed by atoms with van der Waals surface area (Å²) in [6.45, 7) is 7.32. The molecule has 2 atom stereocenters. The van der Waals surface area contributed by atoms with Crippen molar-refractivity contribution >= 4 is 0 Å². The Kier molecular flexibility index (Phi) is 3.66. The van der Waals surface area contributed by atoms with Crippen LogP contribution in [0.3, 0.4) is 0 Å². The summed E-state index contributed by atoms with van der Waals surface area (Å²) < 4.78 is 5.40. The first-order valence-electron chi connectivity index (χ1n) is 7.08. The predicted octanol–water partition coefficient (Wildman–Crippen LogP) is 0.143. The zero-order valence-electron chi connectivity index (χ0n) is 10.9. The van der Waals surface area contributed by atoms with E-state index in [4.69, 9.17) is 4.74 Å². The van der Waals surface area contributed by atoms with Gasteiger partial charge in [-0.3, -0.25) is 9.80 Å². The van der Waals surface area contributed by atoms with E-state index in [1.54, 1.807) is 0 Å². The Balaban J connectivity index is 1.38. The van der Waals surface area contributed by atoms with E-state index in [1.165, 1.54) is 52.0 Å². The summed E-state index contributed by atoms with van der Waals surface area (Å²) in [6.07, 6.45) is 4.51. The Hall–Kier alpha value is -0.160. The first-order chi connectivity index (χ1) is 8.35. The van der Waals surface area contributed by atoms with E-state index in [1.807, 2.05) is 7.11 Å². The molecule has 0 amide bonds. The molecule has 0 bridgehead atoms. The second-order valence-electron chi connectivity index (χ2n) is 5.77. The van der Waals surface area contributed by atoms with E-state index < -0.39 is 0 Å². The Morgan fingerprint density at radius 2 is 1.94 bits per heavy atom. The monoisotopic (exact) mass is 239 g/mol. The van der Waals surface area contributed by atoms with Crippen LogP contribution in [0.1, 0.15) is 19.3 Å². The van der Waals surface area contributed by atoms with Crippen molar-refractivity contribution in [3.05, 3.63) is 0 Å². The molecular formula is C13H25N3O. The van der Waals surface area contributed by atoms with E-state index >= 15 is 0 Å². The molecule has 1 N–H and O–H groups in total. The number of nitrogens with zero attached hydrogens (tertiary/aromatic N) is 2. The van der Waals surface area contributed by atoms with E-state index in [-0.39, 0.29) is 0 Å². The number of hydrogen-bond acceptors (Lipinski definition) is 4. The number of piperazine rings is 1. The fraction of sp³-hybridized carbons (Fsp3) is 1.00. The highest BCUT2D eigenvalue weighted by Gasteiger charge is 2.32. The molecule has 3 rings (SSSR count). The number of rotatable bonds is 4. The van der Waals surface area contributed by atoms with Gasteiger partial charge in [0.2, 0.25) is 0 Å². The zero-order valence-corrected chi connectivity index (χ0v) is 10.9. The maximum absolute atomic E-state index is 5.40. The molecule has 2 unspecified atom stereocenters. The summed E-state index contributed by atoms with van der Waals surface area (Å²) in [6, 6.07) is 1.59. The first-order valence-corrected chi connectivity index (χ1v) is 7.08. The number of ether oxygens (including phenoxy) is 1. The highest BCUT2D eigenvalue weighted by Crippen LogP contribution is 2.27. The minimum absolute atomic E-state index is 0.438. The lowest BCUT2D eigenvalue weighted by molar-refractivity contribution is 0.105. The Morgan fingerprint density at radius 3 is 2.53 bits per heavy atom. The van der Waals surface area contributed by atoms with Crippen molar-refractivity contribution in [1.82, 2.24) is 15.1 Å². The van der Waals surface area contributed by atoms with Gasteiger partial charge >= 0.3 is 0 Å². The molecule has 2 heterocycles. The van der Waals surface area contributed by atoms with Crippen LogP contribution in [0.25, 0.3) is 0 Å². The van der Waals surface area contributed by atoms with Crippen molar-refractivity contribution < 1.29 is 4.74 Å². The fourth-order valence-corrected chi connectivity index (χ4v) is 3.16. The molecule has 98 valence electrons. The summed E-state index contributed by atoms with van der Waals surface area (Å²) in [5, 5.41) is 3.57. The van der Waals surface area contributed by atoms with Crippen LogP contribution in [0.4, 0.5) is 0 Å². The standard InChI is InChI=1S/C13H25N3O/c1-17-13-8-11(14-9-13)10-15-4-6-16(7-5-15)12-2-3-12/h11-14H,2-10H2,1H3. The van der Waals surface area contributed by atoms with Crippen LogP contribution in [0, 0.1) is 0 Å². The van der Waals surface area contributed by atoms with Crippen LogP contribution in [0.2, 0.25) is 0 Å². The van der Waals surface area contributed by atoms with E-state index in [0.717, 1.165) is 12.6 Å². The van der Waals surface area contributed by atoms with E-state index in [9.17, 15) is 0 Å². The van der Waals surface area contributed by atoms with Crippen LogP contribution in [-0.2, 0) is 4.74 Å². The smallest absolute Gasteiger partial charge is 0.0711 e. The number of methoxy groups -OCH3 is 1. The van der Waals surface area contributed by atoms with Crippen molar-refractivity contribution in [2.45, 2.75) is 37.5 Å². The molecule has 0 radical (unpaired) electrons. The maximum atomic E-state index is 5.40. The first kappa shape index (κ1) is 11.9. The molecule has 1 aliphatic carbocycles. The van der Waals surface area contributed by atoms with Crippen LogP contribution in [0.5, 0.6) is 0 Å². The summed E-state index contributed by atoms with van der Waals surface area (Å²) in [5.41, 5.74) is 0. The summed E-state index contributed by atoms with van der Waals surface area (Å²) >= 11 is 0. The highest BCUT2D eigenvalue weighted by molar-refractivity contribution is 4.90. The Labute approximate surface area is 104 Å². The predicted molar refractivity (Wildman–Crippen MR) is 68.2 cm³/mol. The summed E-state index contributed by atoms with van der Waals surface area (Å²) in [7, 11) is 1.82. The van der Waals surface area contributed by atoms with Gasteiger partial charge in [0.15, 0.2) is 0 Å². The topological polar surface area (TPSA) is 27.7 Å². The maximum Gasteiger partial charge on any atom is 0.0711 e. The molecule has 1 saturated carbocycles. The molecule has 2 saturated heterocycles. The van der Waals surface area contributed by atoms with Crippen LogP contribution in [-0.4, -0.2) is 74.4 Å². The minimum Gasteiger partial charge on any atom is -0.380 e. The number of hydrogen-bond donors (Lipinski definition) is 1. The SMILES string of the molecule is COC1CNC(CN2CCN(C3CC3)CC2)C1. The molecular weight excluding hydrogens is 214 g/mol. The second kappa shape index (κ2) is 5.22. The van der Waals surface area contributed by atoms with Gasteiger partial charge in [0.1, 0.15) is 0 Å². The molecule has 4 heteroatoms. The molecule has 3 fully saturated rings. The van der Waals surface area contributed by atoms with Gasteiger partial charge in [0.25, 0.3) is 0 Å². The van der Waals surface area contributed by atoms with Gasteiger partial charge in [0, 0.05) is 58.5 Å². The molecule has 0 aromatic heterocycles. The fourth-order valence-electron chi connectivity index (χ4n) is 3.16. The van der Waals surface area contributed by atoms with Gasteiger partial charge in [-0.05, 0) is 19.3 Å². The Bertz CT molecular complexity index is 249. The van der Waals surface area contributed by atoms with Gasteiger partial charge in [0.05, 0.1) is 6.10 Å². The minimum atomic E-state index is 0.438. The highest BCUT2D eigenvalue weighted by atomic mass is 16.5. The molecule has 17 heavy (non-hydrogen) atoms. The van der Waals surface area contributed by atoms with Crippen molar-refractivity contribution in [2.24, 2.45) is 0 Å². The number of nitrogens with one attached hydrogen (secondary N) is 1. The lowest BCUT2D eigenvalue weighted by Gasteiger charge is -2.36. The molecule has 0 aromatic carbocycles. The lowest BCUT2D eigenvalue weighted by Crippen LogP contribution is -2.50. The van der Waals surface area contributed by atoms with Crippen molar-refractivity contribution in [1.29, 1.82) is 0 Å². The second-order valence-corrected chi connectivity index (χ2v) is 5.77. The van der Waals surface area contributed by atoms with E-state index in [0.29, 0.717) is 12.1 Å². The molecule has 2 aliphatic heterocycles. The van der Waals surface area contributed by atoms with Gasteiger partial charge in [-0.1, -0.05) is 0 Å². The summed E-state index contributed by atoms with van der Waals surface area (Å²) in [5.74, 6) is 0. The zero-order chi connectivity index (χ0) is 11.7. The lowest BCUT2D eigenvalue weighted by atomic mass is 10.2. The van der Waals surface area contributed by atoms with E-state index in [2.05, 4.69) is 15.1 Å². The quantitative estimate of drug-likeness (QED) is 0.755. The Morgan fingerprint density at radius 1 is 1.18 bits per heavy atom. The molecule has 3 aliphatic rings. The summed E-state index contributed by atoms with van der Waals surface area (Å²) in [4.78, 5) is 5.30. The molecule has 4 nitrogen and oxygen atoms in total. The van der Waals surface area contributed by atoms with Gasteiger partial charge in [-0.25, -0.2) is 0 Å². The van der Waals surface area contributed by atoms with Crippen molar-refractivity contribution in [2.75, 3.05) is 46.4 Å². The van der Waals surface area contributed by atoms with Gasteiger partial charge < -0.3 is 10.1 Å². The average molecular weight is 239 g/mol. The molecule has 0 spiro atoms. The van der Waals surface area contributed by atoms with Crippen molar-refractivity contribution in [3.63, 3.8) is 0 Å². The van der Waals surface area contributed by atoms with Gasteiger partial charge in [-0.15, -0.1) is 0 Å². The third kappa shape index (κ3) is 2.99. The third-order valence-corrected chi connectivity index (χ3v) is 4.46. The molecule has 0 aromatic rings. The normalized spacial score (nSPS) is 36.5. The largest absolute Gasteiger partial charge is 0.380 e. The average Bonchev–Trinajstić information content (AvgIpc) is 3.11.